The Kier molecular flexibility index (Phi) is 5.73. The first kappa shape index (κ1) is 15.4. The second-order valence-electron chi connectivity index (χ2n) is 5.43. The van der Waals surface area contributed by atoms with E-state index in [1.807, 2.05) is 0 Å². The Bertz CT molecular complexity index is 400. The van der Waals surface area contributed by atoms with Gasteiger partial charge in [0.05, 0.1) is 0 Å². The highest BCUT2D eigenvalue weighted by molar-refractivity contribution is 5.92. The smallest absolute Gasteiger partial charge is 0.271 e. The molecule has 1 heterocycles. The molecule has 0 aromatic carbocycles. The molecule has 0 atom stereocenters. The van der Waals surface area contributed by atoms with E-state index in [-0.39, 0.29) is 11.3 Å². The Labute approximate surface area is 115 Å². The standard InChI is InChI=1S/C14H24N4O/c1-5-9-15-12-8-7-11(17-18-12)13(19)16-10-14(3,4)6-2/h7-8H,5-6,9-10H2,1-4H3,(H,15,18)(H,16,19). The third-order valence-corrected chi connectivity index (χ3v) is 3.14. The van der Waals surface area contributed by atoms with Crippen molar-refractivity contribution in [3.05, 3.63) is 17.8 Å². The molecule has 0 aliphatic heterocycles. The normalized spacial score (nSPS) is 11.2. The van der Waals surface area contributed by atoms with Gasteiger partial charge in [0.1, 0.15) is 5.82 Å². The zero-order valence-corrected chi connectivity index (χ0v) is 12.3. The van der Waals surface area contributed by atoms with Crippen LogP contribution in [0.15, 0.2) is 12.1 Å². The molecule has 2 N–H and O–H groups in total. The van der Waals surface area contributed by atoms with E-state index < -0.39 is 0 Å². The van der Waals surface area contributed by atoms with E-state index in [9.17, 15) is 4.79 Å². The Morgan fingerprint density at radius 2 is 2.00 bits per heavy atom. The first-order chi connectivity index (χ1) is 8.98. The third-order valence-electron chi connectivity index (χ3n) is 3.14. The molecular formula is C14H24N4O. The highest BCUT2D eigenvalue weighted by Gasteiger charge is 2.17. The van der Waals surface area contributed by atoms with E-state index in [1.54, 1.807) is 12.1 Å². The molecule has 0 radical (unpaired) electrons. The van der Waals surface area contributed by atoms with Crippen molar-refractivity contribution in [1.82, 2.24) is 15.5 Å². The number of hydrogen-bond donors (Lipinski definition) is 2. The second kappa shape index (κ2) is 7.07. The number of nitrogens with one attached hydrogen (secondary N) is 2. The van der Waals surface area contributed by atoms with Crippen molar-refractivity contribution in [3.8, 4) is 0 Å². The molecule has 1 rings (SSSR count). The minimum absolute atomic E-state index is 0.103. The van der Waals surface area contributed by atoms with Crippen LogP contribution in [0.1, 0.15) is 51.0 Å². The predicted molar refractivity (Wildman–Crippen MR) is 77.2 cm³/mol. The minimum atomic E-state index is -0.170. The molecule has 0 unspecified atom stereocenters. The van der Waals surface area contributed by atoms with Gasteiger partial charge in [0.25, 0.3) is 5.91 Å². The summed E-state index contributed by atoms with van der Waals surface area (Å²) in [6, 6.07) is 3.47. The molecule has 1 amide bonds. The van der Waals surface area contributed by atoms with Crippen LogP contribution in [0.3, 0.4) is 0 Å². The summed E-state index contributed by atoms with van der Waals surface area (Å²) in [5, 5.41) is 13.9. The first-order valence-corrected chi connectivity index (χ1v) is 6.84. The summed E-state index contributed by atoms with van der Waals surface area (Å²) in [7, 11) is 0. The van der Waals surface area contributed by atoms with Crippen molar-refractivity contribution in [1.29, 1.82) is 0 Å². The Hall–Kier alpha value is -1.65. The highest BCUT2D eigenvalue weighted by Crippen LogP contribution is 2.17. The lowest BCUT2D eigenvalue weighted by molar-refractivity contribution is 0.0929. The predicted octanol–water partition coefficient (Wildman–Crippen LogP) is 2.46. The third kappa shape index (κ3) is 5.24. The van der Waals surface area contributed by atoms with Gasteiger partial charge in [-0.05, 0) is 30.4 Å². The number of amides is 1. The fourth-order valence-corrected chi connectivity index (χ4v) is 1.34. The van der Waals surface area contributed by atoms with E-state index in [2.05, 4.69) is 48.5 Å². The fraction of sp³-hybridized carbons (Fsp3) is 0.643. The average Bonchev–Trinajstić information content (AvgIpc) is 2.43. The zero-order chi connectivity index (χ0) is 14.3. The van der Waals surface area contributed by atoms with Gasteiger partial charge in [0, 0.05) is 13.1 Å². The summed E-state index contributed by atoms with van der Waals surface area (Å²) in [6.45, 7) is 9.93. The number of carbonyl (C=O) groups is 1. The molecule has 0 fully saturated rings. The monoisotopic (exact) mass is 264 g/mol. The number of aromatic nitrogens is 2. The van der Waals surface area contributed by atoms with Gasteiger partial charge in [-0.2, -0.15) is 0 Å². The molecule has 1 aromatic heterocycles. The van der Waals surface area contributed by atoms with Crippen LogP contribution in [0.5, 0.6) is 0 Å². The van der Waals surface area contributed by atoms with Crippen molar-refractivity contribution in [3.63, 3.8) is 0 Å². The van der Waals surface area contributed by atoms with E-state index in [0.717, 1.165) is 19.4 Å². The molecule has 0 aliphatic rings. The van der Waals surface area contributed by atoms with Crippen molar-refractivity contribution < 1.29 is 4.79 Å². The Morgan fingerprint density at radius 1 is 1.26 bits per heavy atom. The topological polar surface area (TPSA) is 66.9 Å². The van der Waals surface area contributed by atoms with Gasteiger partial charge in [0.2, 0.25) is 0 Å². The molecule has 1 aromatic rings. The molecule has 0 bridgehead atoms. The quantitative estimate of drug-likeness (QED) is 0.794. The van der Waals surface area contributed by atoms with E-state index >= 15 is 0 Å². The van der Waals surface area contributed by atoms with Crippen LogP contribution < -0.4 is 10.6 Å². The molecule has 106 valence electrons. The zero-order valence-electron chi connectivity index (χ0n) is 12.3. The van der Waals surface area contributed by atoms with Crippen LogP contribution in [0.4, 0.5) is 5.82 Å². The lowest BCUT2D eigenvalue weighted by Gasteiger charge is -2.22. The highest BCUT2D eigenvalue weighted by atomic mass is 16.1. The SMILES string of the molecule is CCCNc1ccc(C(=O)NCC(C)(C)CC)nn1. The number of rotatable bonds is 7. The number of nitrogens with zero attached hydrogens (tertiary/aromatic N) is 2. The summed E-state index contributed by atoms with van der Waals surface area (Å²) in [4.78, 5) is 11.9. The first-order valence-electron chi connectivity index (χ1n) is 6.84. The van der Waals surface area contributed by atoms with Gasteiger partial charge in [-0.1, -0.05) is 27.7 Å². The van der Waals surface area contributed by atoms with Crippen LogP contribution in [0, 0.1) is 5.41 Å². The van der Waals surface area contributed by atoms with Crippen LogP contribution in [-0.4, -0.2) is 29.2 Å². The van der Waals surface area contributed by atoms with Gasteiger partial charge >= 0.3 is 0 Å². The van der Waals surface area contributed by atoms with Crippen molar-refractivity contribution >= 4 is 11.7 Å². The van der Waals surface area contributed by atoms with Crippen LogP contribution in [-0.2, 0) is 0 Å². The number of carbonyl (C=O) groups excluding carboxylic acids is 1. The van der Waals surface area contributed by atoms with Gasteiger partial charge in [-0.15, -0.1) is 10.2 Å². The Morgan fingerprint density at radius 3 is 2.53 bits per heavy atom. The summed E-state index contributed by atoms with van der Waals surface area (Å²) in [5.41, 5.74) is 0.458. The number of hydrogen-bond acceptors (Lipinski definition) is 4. The molecule has 19 heavy (non-hydrogen) atoms. The van der Waals surface area contributed by atoms with Crippen LogP contribution >= 0.6 is 0 Å². The van der Waals surface area contributed by atoms with Crippen LogP contribution in [0.2, 0.25) is 0 Å². The van der Waals surface area contributed by atoms with Crippen molar-refractivity contribution in [2.75, 3.05) is 18.4 Å². The molecule has 5 heteroatoms. The summed E-state index contributed by atoms with van der Waals surface area (Å²) in [6.07, 6.45) is 2.04. The van der Waals surface area contributed by atoms with Crippen LogP contribution in [0.25, 0.3) is 0 Å². The van der Waals surface area contributed by atoms with Crippen molar-refractivity contribution in [2.24, 2.45) is 5.41 Å². The molecule has 0 saturated carbocycles. The average molecular weight is 264 g/mol. The maximum Gasteiger partial charge on any atom is 0.271 e. The molecular weight excluding hydrogens is 240 g/mol. The lowest BCUT2D eigenvalue weighted by Crippen LogP contribution is -2.34. The van der Waals surface area contributed by atoms with Gasteiger partial charge < -0.3 is 10.6 Å². The fourth-order valence-electron chi connectivity index (χ4n) is 1.34. The van der Waals surface area contributed by atoms with E-state index in [0.29, 0.717) is 18.1 Å². The molecule has 0 aliphatic carbocycles. The summed E-state index contributed by atoms with van der Waals surface area (Å²) < 4.78 is 0. The van der Waals surface area contributed by atoms with Crippen molar-refractivity contribution in [2.45, 2.75) is 40.5 Å². The molecule has 0 spiro atoms. The molecule has 0 saturated heterocycles. The maximum absolute atomic E-state index is 11.9. The lowest BCUT2D eigenvalue weighted by atomic mass is 9.90. The Balaban J connectivity index is 2.53. The maximum atomic E-state index is 11.9. The van der Waals surface area contributed by atoms with E-state index in [4.69, 9.17) is 0 Å². The summed E-state index contributed by atoms with van der Waals surface area (Å²) >= 11 is 0. The van der Waals surface area contributed by atoms with Gasteiger partial charge in [0.15, 0.2) is 5.69 Å². The molecule has 5 nitrogen and oxygen atoms in total. The summed E-state index contributed by atoms with van der Waals surface area (Å²) in [5.74, 6) is 0.531. The second-order valence-corrected chi connectivity index (χ2v) is 5.43. The largest absolute Gasteiger partial charge is 0.369 e. The van der Waals surface area contributed by atoms with Gasteiger partial charge in [-0.3, -0.25) is 4.79 Å². The van der Waals surface area contributed by atoms with Gasteiger partial charge in [-0.25, -0.2) is 0 Å². The minimum Gasteiger partial charge on any atom is -0.369 e. The number of anilines is 1. The van der Waals surface area contributed by atoms with E-state index in [1.165, 1.54) is 0 Å².